The molecular weight excluding hydrogens is 228 g/mol. The van der Waals surface area contributed by atoms with E-state index in [9.17, 15) is 0 Å². The van der Waals surface area contributed by atoms with Crippen molar-refractivity contribution in [2.45, 2.75) is 52.5 Å². The molecule has 2 nitrogen and oxygen atoms in total. The Morgan fingerprint density at radius 2 is 2.24 bits per heavy atom. The summed E-state index contributed by atoms with van der Waals surface area (Å²) < 4.78 is 0. The van der Waals surface area contributed by atoms with E-state index in [1.807, 2.05) is 0 Å². The van der Waals surface area contributed by atoms with Crippen LogP contribution >= 0.6 is 11.3 Å². The fourth-order valence-electron chi connectivity index (χ4n) is 2.88. The number of nitrogens with two attached hydrogens (primary N) is 1. The summed E-state index contributed by atoms with van der Waals surface area (Å²) in [6.45, 7) is 6.75. The Morgan fingerprint density at radius 1 is 1.47 bits per heavy atom. The van der Waals surface area contributed by atoms with E-state index in [0.29, 0.717) is 12.0 Å². The molecule has 17 heavy (non-hydrogen) atoms. The lowest BCUT2D eigenvalue weighted by Gasteiger charge is -2.35. The van der Waals surface area contributed by atoms with Gasteiger partial charge in [-0.3, -0.25) is 0 Å². The van der Waals surface area contributed by atoms with Crippen LogP contribution in [0.1, 0.15) is 43.8 Å². The van der Waals surface area contributed by atoms with Crippen LogP contribution in [0.5, 0.6) is 0 Å². The van der Waals surface area contributed by atoms with Crippen LogP contribution in [0.15, 0.2) is 5.38 Å². The molecule has 1 heterocycles. The lowest BCUT2D eigenvalue weighted by Crippen LogP contribution is -2.38. The monoisotopic (exact) mass is 252 g/mol. The smallest absolute Gasteiger partial charge is 0.0931 e. The Hall–Kier alpha value is -0.410. The van der Waals surface area contributed by atoms with E-state index >= 15 is 0 Å². The molecule has 0 amide bonds. The Balaban J connectivity index is 1.98. The van der Waals surface area contributed by atoms with E-state index in [0.717, 1.165) is 24.0 Å². The van der Waals surface area contributed by atoms with Gasteiger partial charge in [0.1, 0.15) is 0 Å². The maximum absolute atomic E-state index is 6.27. The summed E-state index contributed by atoms with van der Waals surface area (Å²) >= 11 is 1.79. The molecule has 2 N–H and O–H groups in total. The number of nitrogens with zero attached hydrogens (tertiary/aromatic N) is 1. The third-order valence-corrected chi connectivity index (χ3v) is 5.12. The zero-order chi connectivity index (χ0) is 12.4. The van der Waals surface area contributed by atoms with Gasteiger partial charge in [-0.05, 0) is 43.9 Å². The highest BCUT2D eigenvalue weighted by molar-refractivity contribution is 7.09. The first kappa shape index (κ1) is 13.0. The lowest BCUT2D eigenvalue weighted by atomic mass is 9.73. The maximum atomic E-state index is 6.27. The standard InChI is InChI=1S/C14H24N2S/c1-9(2)11-4-5-13(15)12(6-11)7-14-16-10(3)8-17-14/h8-9,11-13H,4-7,15H2,1-3H3. The molecule has 3 heteroatoms. The fraction of sp³-hybridized carbons (Fsp3) is 0.786. The van der Waals surface area contributed by atoms with E-state index < -0.39 is 0 Å². The van der Waals surface area contributed by atoms with Gasteiger partial charge in [0.05, 0.1) is 5.01 Å². The van der Waals surface area contributed by atoms with Crippen LogP contribution in [0, 0.1) is 24.7 Å². The van der Waals surface area contributed by atoms with Crippen molar-refractivity contribution in [3.05, 3.63) is 16.1 Å². The van der Waals surface area contributed by atoms with Gasteiger partial charge in [0.15, 0.2) is 0 Å². The van der Waals surface area contributed by atoms with Crippen molar-refractivity contribution in [1.82, 2.24) is 4.98 Å². The maximum Gasteiger partial charge on any atom is 0.0931 e. The molecule has 3 unspecified atom stereocenters. The van der Waals surface area contributed by atoms with E-state index in [1.165, 1.54) is 24.3 Å². The quantitative estimate of drug-likeness (QED) is 0.895. The van der Waals surface area contributed by atoms with Gasteiger partial charge < -0.3 is 5.73 Å². The van der Waals surface area contributed by atoms with E-state index in [-0.39, 0.29) is 0 Å². The third-order valence-electron chi connectivity index (χ3n) is 4.13. The first-order valence-electron chi connectivity index (χ1n) is 6.73. The van der Waals surface area contributed by atoms with Gasteiger partial charge in [0, 0.05) is 23.5 Å². The predicted octanol–water partition coefficient (Wildman–Crippen LogP) is 3.39. The average Bonchev–Trinajstić information content (AvgIpc) is 2.67. The summed E-state index contributed by atoms with van der Waals surface area (Å²) in [6, 6.07) is 0.384. The van der Waals surface area contributed by atoms with Crippen molar-refractivity contribution in [3.8, 4) is 0 Å². The number of hydrogen-bond acceptors (Lipinski definition) is 3. The molecule has 1 saturated carbocycles. The number of hydrogen-bond donors (Lipinski definition) is 1. The molecule has 1 aliphatic rings. The van der Waals surface area contributed by atoms with Crippen LogP contribution in [0.3, 0.4) is 0 Å². The van der Waals surface area contributed by atoms with Crippen LogP contribution < -0.4 is 5.73 Å². The molecule has 1 aromatic rings. The molecule has 1 aromatic heterocycles. The largest absolute Gasteiger partial charge is 0.327 e. The summed E-state index contributed by atoms with van der Waals surface area (Å²) in [6.07, 6.45) is 4.88. The minimum atomic E-state index is 0.384. The van der Waals surface area contributed by atoms with Crippen LogP contribution in [0.4, 0.5) is 0 Å². The summed E-state index contributed by atoms with van der Waals surface area (Å²) in [4.78, 5) is 4.57. The lowest BCUT2D eigenvalue weighted by molar-refractivity contribution is 0.189. The summed E-state index contributed by atoms with van der Waals surface area (Å²) in [5.74, 6) is 2.30. The second-order valence-corrected chi connectivity index (χ2v) is 6.77. The molecule has 0 radical (unpaired) electrons. The van der Waals surface area contributed by atoms with Crippen LogP contribution in [-0.4, -0.2) is 11.0 Å². The zero-order valence-corrected chi connectivity index (χ0v) is 12.0. The van der Waals surface area contributed by atoms with Gasteiger partial charge in [-0.2, -0.15) is 0 Å². The van der Waals surface area contributed by atoms with E-state index in [4.69, 9.17) is 5.73 Å². The molecule has 1 fully saturated rings. The van der Waals surface area contributed by atoms with Gasteiger partial charge in [0.25, 0.3) is 0 Å². The van der Waals surface area contributed by atoms with Crippen molar-refractivity contribution in [3.63, 3.8) is 0 Å². The van der Waals surface area contributed by atoms with Crippen molar-refractivity contribution in [2.75, 3.05) is 0 Å². The van der Waals surface area contributed by atoms with Crippen molar-refractivity contribution < 1.29 is 0 Å². The van der Waals surface area contributed by atoms with Crippen LogP contribution in [0.25, 0.3) is 0 Å². The van der Waals surface area contributed by atoms with Crippen LogP contribution in [-0.2, 0) is 6.42 Å². The first-order chi connectivity index (χ1) is 8.06. The Labute approximate surface area is 109 Å². The molecule has 0 spiro atoms. The number of thiazole rings is 1. The fourth-order valence-corrected chi connectivity index (χ4v) is 3.75. The topological polar surface area (TPSA) is 38.9 Å². The Morgan fingerprint density at radius 3 is 2.82 bits per heavy atom. The predicted molar refractivity (Wildman–Crippen MR) is 74.2 cm³/mol. The molecule has 96 valence electrons. The number of rotatable bonds is 3. The van der Waals surface area contributed by atoms with Crippen molar-refractivity contribution in [1.29, 1.82) is 0 Å². The van der Waals surface area contributed by atoms with Gasteiger partial charge in [-0.15, -0.1) is 11.3 Å². The van der Waals surface area contributed by atoms with Crippen molar-refractivity contribution >= 4 is 11.3 Å². The third kappa shape index (κ3) is 3.29. The highest BCUT2D eigenvalue weighted by Crippen LogP contribution is 2.35. The molecule has 2 rings (SSSR count). The minimum Gasteiger partial charge on any atom is -0.327 e. The van der Waals surface area contributed by atoms with Crippen molar-refractivity contribution in [2.24, 2.45) is 23.5 Å². The van der Waals surface area contributed by atoms with Gasteiger partial charge in [-0.1, -0.05) is 13.8 Å². The average molecular weight is 252 g/mol. The Kier molecular flexibility index (Phi) is 4.21. The molecule has 0 aromatic carbocycles. The molecular formula is C14H24N2S. The number of aryl methyl sites for hydroxylation is 1. The second-order valence-electron chi connectivity index (χ2n) is 5.83. The summed E-state index contributed by atoms with van der Waals surface area (Å²) in [5.41, 5.74) is 7.42. The highest BCUT2D eigenvalue weighted by atomic mass is 32.1. The van der Waals surface area contributed by atoms with Gasteiger partial charge >= 0.3 is 0 Å². The van der Waals surface area contributed by atoms with Crippen LogP contribution in [0.2, 0.25) is 0 Å². The normalized spacial score (nSPS) is 29.8. The van der Waals surface area contributed by atoms with Gasteiger partial charge in [-0.25, -0.2) is 4.98 Å². The first-order valence-corrected chi connectivity index (χ1v) is 7.60. The minimum absolute atomic E-state index is 0.384. The van der Waals surface area contributed by atoms with E-state index in [1.54, 1.807) is 11.3 Å². The SMILES string of the molecule is Cc1csc(CC2CC(C(C)C)CCC2N)n1. The molecule has 1 aliphatic carbocycles. The summed E-state index contributed by atoms with van der Waals surface area (Å²) in [5, 5.41) is 3.41. The summed E-state index contributed by atoms with van der Waals surface area (Å²) in [7, 11) is 0. The molecule has 0 bridgehead atoms. The number of aromatic nitrogens is 1. The Bertz CT molecular complexity index is 359. The second kappa shape index (κ2) is 5.49. The highest BCUT2D eigenvalue weighted by Gasteiger charge is 2.30. The van der Waals surface area contributed by atoms with Gasteiger partial charge in [0.2, 0.25) is 0 Å². The van der Waals surface area contributed by atoms with E-state index in [2.05, 4.69) is 31.1 Å². The zero-order valence-electron chi connectivity index (χ0n) is 11.1. The molecule has 3 atom stereocenters. The molecule has 0 saturated heterocycles. The molecule has 0 aliphatic heterocycles.